The summed E-state index contributed by atoms with van der Waals surface area (Å²) in [6.07, 6.45) is 4.36. The van der Waals surface area contributed by atoms with E-state index in [0.717, 1.165) is 12.0 Å². The van der Waals surface area contributed by atoms with E-state index in [4.69, 9.17) is 4.74 Å². The van der Waals surface area contributed by atoms with Gasteiger partial charge < -0.3 is 10.1 Å². The molecule has 6 nitrogen and oxygen atoms in total. The molecule has 2 aromatic heterocycles. The lowest BCUT2D eigenvalue weighted by Gasteiger charge is -2.25. The fourth-order valence-corrected chi connectivity index (χ4v) is 3.23. The molecule has 3 rings (SSSR count). The van der Waals surface area contributed by atoms with Crippen LogP contribution in [0.3, 0.4) is 0 Å². The van der Waals surface area contributed by atoms with E-state index in [1.165, 1.54) is 5.56 Å². The van der Waals surface area contributed by atoms with E-state index in [0.29, 0.717) is 29.2 Å². The van der Waals surface area contributed by atoms with Gasteiger partial charge in [0.25, 0.3) is 11.4 Å². The summed E-state index contributed by atoms with van der Waals surface area (Å²) in [5.74, 6) is 0.358. The first-order valence-electron chi connectivity index (χ1n) is 9.02. The fraction of sp³-hybridized carbons (Fsp3) is 0.286. The molecule has 0 bridgehead atoms. The summed E-state index contributed by atoms with van der Waals surface area (Å²) in [4.78, 5) is 16.1. The van der Waals surface area contributed by atoms with E-state index in [1.807, 2.05) is 30.3 Å². The summed E-state index contributed by atoms with van der Waals surface area (Å²) in [7, 11) is 0. The number of halogens is 1. The summed E-state index contributed by atoms with van der Waals surface area (Å²) in [6.45, 7) is 5.24. The highest BCUT2D eigenvalue weighted by molar-refractivity contribution is 9.10. The predicted molar refractivity (Wildman–Crippen MR) is 114 cm³/mol. The molecule has 0 radical (unpaired) electrons. The van der Waals surface area contributed by atoms with Crippen molar-refractivity contribution in [3.63, 3.8) is 0 Å². The highest BCUT2D eigenvalue weighted by Gasteiger charge is 2.22. The first kappa shape index (κ1) is 20.1. The lowest BCUT2D eigenvalue weighted by molar-refractivity contribution is 0.173. The maximum atomic E-state index is 12.0. The summed E-state index contributed by atoms with van der Waals surface area (Å²) in [5, 5.41) is 9.79. The van der Waals surface area contributed by atoms with Crippen LogP contribution in [0.15, 0.2) is 64.1 Å². The third-order valence-electron chi connectivity index (χ3n) is 4.21. The number of anilines is 1. The molecule has 3 aromatic rings. The third-order valence-corrected chi connectivity index (χ3v) is 4.97. The van der Waals surface area contributed by atoms with Gasteiger partial charge in [-0.05, 0) is 39.5 Å². The number of hydrogen-bond donors (Lipinski definition) is 2. The number of H-pyrrole nitrogens is 1. The van der Waals surface area contributed by atoms with Crippen LogP contribution in [0, 0.1) is 5.41 Å². The zero-order valence-electron chi connectivity index (χ0n) is 15.9. The average molecular weight is 443 g/mol. The number of ether oxygens (including phenoxy) is 1. The van der Waals surface area contributed by atoms with Crippen molar-refractivity contribution in [2.45, 2.75) is 26.8 Å². The SMILES string of the molecule is CC(C)(COc1n[nH]c(=O)c(Br)c1NCc1cccnc1)Cc1ccccc1. The van der Waals surface area contributed by atoms with Crippen LogP contribution in [0.1, 0.15) is 25.0 Å². The van der Waals surface area contributed by atoms with Crippen molar-refractivity contribution in [3.8, 4) is 5.88 Å². The molecule has 0 saturated heterocycles. The number of aromatic amines is 1. The molecule has 0 aliphatic heterocycles. The van der Waals surface area contributed by atoms with E-state index in [9.17, 15) is 4.79 Å². The molecule has 146 valence electrons. The molecular formula is C21H23BrN4O2. The van der Waals surface area contributed by atoms with Gasteiger partial charge in [-0.3, -0.25) is 9.78 Å². The third kappa shape index (κ3) is 5.42. The monoisotopic (exact) mass is 442 g/mol. The number of benzene rings is 1. The minimum atomic E-state index is -0.315. The van der Waals surface area contributed by atoms with Crippen LogP contribution in [0.25, 0.3) is 0 Å². The lowest BCUT2D eigenvalue weighted by atomic mass is 9.87. The molecular weight excluding hydrogens is 420 g/mol. The van der Waals surface area contributed by atoms with Crippen molar-refractivity contribution in [1.82, 2.24) is 15.2 Å². The maximum absolute atomic E-state index is 12.0. The number of hydrogen-bond acceptors (Lipinski definition) is 5. The molecule has 2 N–H and O–H groups in total. The molecule has 0 aliphatic carbocycles. The Labute approximate surface area is 172 Å². The van der Waals surface area contributed by atoms with Gasteiger partial charge in [-0.15, -0.1) is 5.10 Å². The van der Waals surface area contributed by atoms with Crippen molar-refractivity contribution < 1.29 is 4.74 Å². The second-order valence-corrected chi connectivity index (χ2v) is 8.17. The Bertz CT molecular complexity index is 959. The number of rotatable bonds is 8. The Kier molecular flexibility index (Phi) is 6.46. The zero-order valence-corrected chi connectivity index (χ0v) is 17.5. The molecule has 0 atom stereocenters. The predicted octanol–water partition coefficient (Wildman–Crippen LogP) is 4.19. The van der Waals surface area contributed by atoms with Gasteiger partial charge in [-0.1, -0.05) is 50.2 Å². The van der Waals surface area contributed by atoms with Crippen LogP contribution in [0.4, 0.5) is 5.69 Å². The van der Waals surface area contributed by atoms with Crippen LogP contribution in [-0.2, 0) is 13.0 Å². The molecule has 0 unspecified atom stereocenters. The highest BCUT2D eigenvalue weighted by atomic mass is 79.9. The molecule has 0 aliphatic rings. The standard InChI is InChI=1S/C21H23BrN4O2/c1-21(2,11-15-7-4-3-5-8-15)14-28-20-18(17(22)19(27)25-26-20)24-13-16-9-6-10-23-12-16/h3-10,12H,11,13-14H2,1-2H3,(H2,24,25,27). The van der Waals surface area contributed by atoms with Gasteiger partial charge >= 0.3 is 0 Å². The van der Waals surface area contributed by atoms with E-state index in [2.05, 4.69) is 62.4 Å². The Morgan fingerprint density at radius 2 is 1.89 bits per heavy atom. The van der Waals surface area contributed by atoms with Crippen molar-refractivity contribution in [2.75, 3.05) is 11.9 Å². The Balaban J connectivity index is 1.72. The average Bonchev–Trinajstić information content (AvgIpc) is 2.69. The van der Waals surface area contributed by atoms with Gasteiger partial charge in [-0.2, -0.15) is 0 Å². The van der Waals surface area contributed by atoms with E-state index >= 15 is 0 Å². The second-order valence-electron chi connectivity index (χ2n) is 7.38. The fourth-order valence-electron chi connectivity index (χ4n) is 2.83. The summed E-state index contributed by atoms with van der Waals surface area (Å²) < 4.78 is 6.37. The van der Waals surface area contributed by atoms with Gasteiger partial charge in [0.15, 0.2) is 0 Å². The minimum Gasteiger partial charge on any atom is -0.475 e. The molecule has 1 aromatic carbocycles. The molecule has 28 heavy (non-hydrogen) atoms. The summed E-state index contributed by atoms with van der Waals surface area (Å²) in [6, 6.07) is 14.1. The lowest BCUT2D eigenvalue weighted by Crippen LogP contribution is -2.25. The normalized spacial score (nSPS) is 11.2. The van der Waals surface area contributed by atoms with Crippen molar-refractivity contribution in [2.24, 2.45) is 5.41 Å². The van der Waals surface area contributed by atoms with Crippen molar-refractivity contribution in [3.05, 3.63) is 80.8 Å². The van der Waals surface area contributed by atoms with Crippen molar-refractivity contribution >= 4 is 21.6 Å². The highest BCUT2D eigenvalue weighted by Crippen LogP contribution is 2.30. The Morgan fingerprint density at radius 3 is 2.61 bits per heavy atom. The van der Waals surface area contributed by atoms with Gasteiger partial charge in [0.2, 0.25) is 0 Å². The van der Waals surface area contributed by atoms with Gasteiger partial charge in [0, 0.05) is 24.4 Å². The maximum Gasteiger partial charge on any atom is 0.280 e. The van der Waals surface area contributed by atoms with Crippen LogP contribution >= 0.6 is 15.9 Å². The number of nitrogens with one attached hydrogen (secondary N) is 2. The second kappa shape index (κ2) is 9.01. The largest absolute Gasteiger partial charge is 0.475 e. The molecule has 7 heteroatoms. The van der Waals surface area contributed by atoms with E-state index < -0.39 is 0 Å². The number of aromatic nitrogens is 3. The van der Waals surface area contributed by atoms with Crippen LogP contribution < -0.4 is 15.6 Å². The minimum absolute atomic E-state index is 0.105. The van der Waals surface area contributed by atoms with Gasteiger partial charge in [0.05, 0.1) is 6.61 Å². The topological polar surface area (TPSA) is 79.9 Å². The Hall–Kier alpha value is -2.67. The molecule has 0 fully saturated rings. The van der Waals surface area contributed by atoms with Crippen LogP contribution in [-0.4, -0.2) is 21.8 Å². The van der Waals surface area contributed by atoms with Crippen LogP contribution in [0.5, 0.6) is 5.88 Å². The molecule has 0 saturated carbocycles. The Morgan fingerprint density at radius 1 is 1.14 bits per heavy atom. The first-order valence-corrected chi connectivity index (χ1v) is 9.81. The molecule has 0 spiro atoms. The van der Waals surface area contributed by atoms with Gasteiger partial charge in [-0.25, -0.2) is 5.10 Å². The quantitative estimate of drug-likeness (QED) is 0.546. The zero-order chi connectivity index (χ0) is 20.0. The van der Waals surface area contributed by atoms with Crippen LogP contribution in [0.2, 0.25) is 0 Å². The van der Waals surface area contributed by atoms with Gasteiger partial charge in [0.1, 0.15) is 10.2 Å². The number of nitrogens with zero attached hydrogens (tertiary/aromatic N) is 2. The first-order chi connectivity index (χ1) is 13.4. The molecule has 2 heterocycles. The number of pyridine rings is 1. The summed E-state index contributed by atoms with van der Waals surface area (Å²) >= 11 is 3.34. The van der Waals surface area contributed by atoms with Crippen molar-refractivity contribution in [1.29, 1.82) is 0 Å². The smallest absolute Gasteiger partial charge is 0.280 e. The summed E-state index contributed by atoms with van der Waals surface area (Å²) in [5.41, 5.74) is 2.35. The van der Waals surface area contributed by atoms with E-state index in [1.54, 1.807) is 12.4 Å². The van der Waals surface area contributed by atoms with E-state index in [-0.39, 0.29) is 11.0 Å². The molecule has 0 amide bonds.